The average molecular weight is 443 g/mol. The molecule has 1 heterocycles. The Labute approximate surface area is 168 Å². The van der Waals surface area contributed by atoms with E-state index in [2.05, 4.69) is 4.99 Å². The molecule has 0 aliphatic carbocycles. The summed E-state index contributed by atoms with van der Waals surface area (Å²) in [5.74, 6) is -1.89. The van der Waals surface area contributed by atoms with E-state index in [1.54, 1.807) is 22.4 Å². The number of rotatable bonds is 6. The fourth-order valence-electron chi connectivity index (χ4n) is 2.56. The summed E-state index contributed by atoms with van der Waals surface area (Å²) < 4.78 is 53.6. The standard InChI is InChI=1S/C18H16F2N2O3S3/c1-26-9-8-22-15-7-4-13(20)10-16(15)27-18(22)21-17(23)11-28(24,25)14-5-2-12(19)3-6-14/h2-7,10H,8-9,11H2,1H3. The Kier molecular flexibility index (Phi) is 6.31. The van der Waals surface area contributed by atoms with Crippen molar-refractivity contribution in [3.05, 3.63) is 58.9 Å². The van der Waals surface area contributed by atoms with Gasteiger partial charge in [0.1, 0.15) is 17.4 Å². The number of hydrogen-bond acceptors (Lipinski definition) is 5. The lowest BCUT2D eigenvalue weighted by Gasteiger charge is -2.04. The maximum Gasteiger partial charge on any atom is 0.263 e. The third kappa shape index (κ3) is 4.68. The first kappa shape index (κ1) is 20.7. The van der Waals surface area contributed by atoms with Gasteiger partial charge in [-0.1, -0.05) is 11.3 Å². The molecule has 0 fully saturated rings. The summed E-state index contributed by atoms with van der Waals surface area (Å²) in [6.07, 6.45) is 1.94. The second-order valence-electron chi connectivity index (χ2n) is 5.86. The summed E-state index contributed by atoms with van der Waals surface area (Å²) >= 11 is 2.73. The van der Waals surface area contributed by atoms with Crippen LogP contribution in [0.3, 0.4) is 0 Å². The predicted molar refractivity (Wildman–Crippen MR) is 107 cm³/mol. The molecule has 2 aromatic carbocycles. The van der Waals surface area contributed by atoms with Crippen molar-refractivity contribution in [1.82, 2.24) is 4.57 Å². The molecule has 0 spiro atoms. The number of benzene rings is 2. The van der Waals surface area contributed by atoms with Crippen LogP contribution in [-0.4, -0.2) is 36.7 Å². The van der Waals surface area contributed by atoms with Gasteiger partial charge >= 0.3 is 0 Å². The minimum atomic E-state index is -3.94. The summed E-state index contributed by atoms with van der Waals surface area (Å²) in [4.78, 5) is 16.5. The van der Waals surface area contributed by atoms with Crippen LogP contribution in [0.5, 0.6) is 0 Å². The fraction of sp³-hybridized carbons (Fsp3) is 0.222. The van der Waals surface area contributed by atoms with E-state index in [1.807, 2.05) is 6.26 Å². The van der Waals surface area contributed by atoms with Gasteiger partial charge in [0, 0.05) is 12.3 Å². The number of carbonyl (C=O) groups excluding carboxylic acids is 1. The normalized spacial score (nSPS) is 12.6. The van der Waals surface area contributed by atoms with Crippen molar-refractivity contribution in [2.45, 2.75) is 11.4 Å². The lowest BCUT2D eigenvalue weighted by molar-refractivity contribution is -0.115. The van der Waals surface area contributed by atoms with E-state index in [4.69, 9.17) is 0 Å². The van der Waals surface area contributed by atoms with E-state index in [9.17, 15) is 22.0 Å². The highest BCUT2D eigenvalue weighted by Crippen LogP contribution is 2.19. The Balaban J connectivity index is 1.96. The molecule has 3 rings (SSSR count). The molecule has 0 saturated carbocycles. The molecule has 0 unspecified atom stereocenters. The van der Waals surface area contributed by atoms with E-state index < -0.39 is 33.1 Å². The van der Waals surface area contributed by atoms with Gasteiger partial charge in [0.25, 0.3) is 5.91 Å². The molecular weight excluding hydrogens is 426 g/mol. The fourth-order valence-corrected chi connectivity index (χ4v) is 5.13. The van der Waals surface area contributed by atoms with E-state index in [0.29, 0.717) is 16.0 Å². The predicted octanol–water partition coefficient (Wildman–Crippen LogP) is 3.25. The number of fused-ring (bicyclic) bond motifs is 1. The second-order valence-corrected chi connectivity index (χ2v) is 9.84. The Morgan fingerprint density at radius 1 is 1.14 bits per heavy atom. The minimum absolute atomic E-state index is 0.147. The average Bonchev–Trinajstić information content (AvgIpc) is 2.95. The Morgan fingerprint density at radius 3 is 2.50 bits per heavy atom. The van der Waals surface area contributed by atoms with E-state index in [-0.39, 0.29) is 4.90 Å². The van der Waals surface area contributed by atoms with Gasteiger partial charge < -0.3 is 4.57 Å². The zero-order chi connectivity index (χ0) is 20.3. The molecule has 3 aromatic rings. The molecule has 28 heavy (non-hydrogen) atoms. The van der Waals surface area contributed by atoms with Gasteiger partial charge in [-0.2, -0.15) is 16.8 Å². The molecule has 0 saturated heterocycles. The minimum Gasteiger partial charge on any atom is -0.316 e. The van der Waals surface area contributed by atoms with Crippen LogP contribution in [0, 0.1) is 11.6 Å². The second kappa shape index (κ2) is 8.54. The van der Waals surface area contributed by atoms with Crippen LogP contribution in [0.15, 0.2) is 52.4 Å². The molecule has 1 amide bonds. The largest absolute Gasteiger partial charge is 0.316 e. The van der Waals surface area contributed by atoms with Gasteiger partial charge in [0.2, 0.25) is 0 Å². The number of carbonyl (C=O) groups is 1. The monoisotopic (exact) mass is 442 g/mol. The molecule has 1 aromatic heterocycles. The van der Waals surface area contributed by atoms with Crippen LogP contribution in [0.25, 0.3) is 10.2 Å². The number of aromatic nitrogens is 1. The third-order valence-corrected chi connectivity index (χ3v) is 7.12. The van der Waals surface area contributed by atoms with Crippen molar-refractivity contribution < 1.29 is 22.0 Å². The molecule has 0 aliphatic rings. The SMILES string of the molecule is CSCCn1c(=NC(=O)CS(=O)(=O)c2ccc(F)cc2)sc2cc(F)ccc21. The number of hydrogen-bond donors (Lipinski definition) is 0. The summed E-state index contributed by atoms with van der Waals surface area (Å²) in [5.41, 5.74) is 0.730. The van der Waals surface area contributed by atoms with Gasteiger partial charge in [-0.3, -0.25) is 4.79 Å². The van der Waals surface area contributed by atoms with Crippen molar-refractivity contribution in [1.29, 1.82) is 0 Å². The molecule has 148 valence electrons. The van der Waals surface area contributed by atoms with E-state index >= 15 is 0 Å². The lowest BCUT2D eigenvalue weighted by atomic mass is 10.3. The van der Waals surface area contributed by atoms with E-state index in [1.165, 1.54) is 12.1 Å². The maximum absolute atomic E-state index is 13.5. The van der Waals surface area contributed by atoms with Crippen molar-refractivity contribution in [3.63, 3.8) is 0 Å². The lowest BCUT2D eigenvalue weighted by Crippen LogP contribution is -2.21. The highest BCUT2D eigenvalue weighted by Gasteiger charge is 2.19. The van der Waals surface area contributed by atoms with Crippen LogP contribution in [0.1, 0.15) is 0 Å². The quantitative estimate of drug-likeness (QED) is 0.550. The van der Waals surface area contributed by atoms with Crippen molar-refractivity contribution >= 4 is 49.1 Å². The van der Waals surface area contributed by atoms with Gasteiger partial charge in [-0.25, -0.2) is 17.2 Å². The zero-order valence-corrected chi connectivity index (χ0v) is 17.2. The smallest absolute Gasteiger partial charge is 0.263 e. The van der Waals surface area contributed by atoms with Crippen LogP contribution < -0.4 is 4.80 Å². The van der Waals surface area contributed by atoms with Crippen LogP contribution in [0.2, 0.25) is 0 Å². The van der Waals surface area contributed by atoms with Gasteiger partial charge in [-0.05, 0) is 48.7 Å². The first-order valence-corrected chi connectivity index (χ1v) is 12.0. The number of sulfone groups is 1. The summed E-state index contributed by atoms with van der Waals surface area (Å²) in [7, 11) is -3.94. The number of amides is 1. The van der Waals surface area contributed by atoms with Crippen LogP contribution >= 0.6 is 23.1 Å². The summed E-state index contributed by atoms with van der Waals surface area (Å²) in [5, 5.41) is 0. The number of thioether (sulfide) groups is 1. The van der Waals surface area contributed by atoms with Crippen LogP contribution in [0.4, 0.5) is 8.78 Å². The first-order chi connectivity index (χ1) is 13.3. The molecule has 0 radical (unpaired) electrons. The third-order valence-electron chi connectivity index (χ3n) is 3.87. The molecular formula is C18H16F2N2O3S3. The number of halogens is 2. The molecule has 0 bridgehead atoms. The molecule has 0 atom stereocenters. The Bertz CT molecular complexity index is 1180. The molecule has 10 heteroatoms. The summed E-state index contributed by atoms with van der Waals surface area (Å²) in [6, 6.07) is 8.55. The summed E-state index contributed by atoms with van der Waals surface area (Å²) in [6.45, 7) is 0.545. The van der Waals surface area contributed by atoms with Gasteiger partial charge in [-0.15, -0.1) is 0 Å². The van der Waals surface area contributed by atoms with Gasteiger partial charge in [0.05, 0.1) is 15.1 Å². The first-order valence-electron chi connectivity index (χ1n) is 8.14. The maximum atomic E-state index is 13.5. The molecule has 5 nitrogen and oxygen atoms in total. The number of aryl methyl sites for hydroxylation is 1. The highest BCUT2D eigenvalue weighted by molar-refractivity contribution is 7.98. The molecule has 0 aliphatic heterocycles. The van der Waals surface area contributed by atoms with Crippen molar-refractivity contribution in [3.8, 4) is 0 Å². The van der Waals surface area contributed by atoms with Gasteiger partial charge in [0.15, 0.2) is 14.6 Å². The van der Waals surface area contributed by atoms with Crippen molar-refractivity contribution in [2.75, 3.05) is 17.8 Å². The zero-order valence-electron chi connectivity index (χ0n) is 14.8. The topological polar surface area (TPSA) is 68.5 Å². The number of nitrogens with zero attached hydrogens (tertiary/aromatic N) is 2. The van der Waals surface area contributed by atoms with E-state index in [0.717, 1.165) is 46.9 Å². The number of thiazole rings is 1. The highest BCUT2D eigenvalue weighted by atomic mass is 32.2. The molecule has 0 N–H and O–H groups in total. The van der Waals surface area contributed by atoms with Crippen molar-refractivity contribution in [2.24, 2.45) is 4.99 Å². The van der Waals surface area contributed by atoms with Crippen LogP contribution in [-0.2, 0) is 21.2 Å². The Hall–Kier alpha value is -2.04. The Morgan fingerprint density at radius 2 is 1.82 bits per heavy atom.